The Hall–Kier alpha value is -2.17. The first-order valence-electron chi connectivity index (χ1n) is 6.20. The number of nitrogens with zero attached hydrogens (tertiary/aromatic N) is 2. The quantitative estimate of drug-likeness (QED) is 0.889. The average molecular weight is 258 g/mol. The summed E-state index contributed by atoms with van der Waals surface area (Å²) in [6.07, 6.45) is 3.90. The molecular weight excluding hydrogens is 240 g/mol. The normalized spacial score (nSPS) is 11.3. The first-order valence-corrected chi connectivity index (χ1v) is 6.20. The molecule has 0 aromatic carbocycles. The molecule has 2 heterocycles. The summed E-state index contributed by atoms with van der Waals surface area (Å²) >= 11 is 0. The number of hydrogen-bond donors (Lipinski definition) is 2. The van der Waals surface area contributed by atoms with Crippen molar-refractivity contribution in [2.24, 2.45) is 5.41 Å². The predicted molar refractivity (Wildman–Crippen MR) is 74.5 cm³/mol. The lowest BCUT2D eigenvalue weighted by atomic mass is 9.92. The zero-order chi connectivity index (χ0) is 13.9. The van der Waals surface area contributed by atoms with Crippen LogP contribution in [0.1, 0.15) is 27.2 Å². The van der Waals surface area contributed by atoms with Crippen LogP contribution in [0.5, 0.6) is 0 Å². The van der Waals surface area contributed by atoms with Gasteiger partial charge < -0.3 is 5.32 Å². The van der Waals surface area contributed by atoms with Crippen molar-refractivity contribution in [1.29, 1.82) is 0 Å². The number of H-pyrrole nitrogens is 1. The minimum absolute atomic E-state index is 0.0275. The average Bonchev–Trinajstić information content (AvgIpc) is 2.76. The van der Waals surface area contributed by atoms with Crippen molar-refractivity contribution < 1.29 is 4.79 Å². The van der Waals surface area contributed by atoms with Crippen molar-refractivity contribution in [2.75, 3.05) is 5.32 Å². The number of carbonyl (C=O) groups is 1. The summed E-state index contributed by atoms with van der Waals surface area (Å²) in [5.41, 5.74) is 1.81. The molecule has 19 heavy (non-hydrogen) atoms. The largest absolute Gasteiger partial charge is 0.309 e. The highest BCUT2D eigenvalue weighted by Gasteiger charge is 2.16. The number of pyridine rings is 1. The second-order valence-electron chi connectivity index (χ2n) is 5.69. The van der Waals surface area contributed by atoms with Crippen LogP contribution < -0.4 is 5.32 Å². The fourth-order valence-electron chi connectivity index (χ4n) is 1.73. The van der Waals surface area contributed by atoms with Gasteiger partial charge in [-0.05, 0) is 17.5 Å². The van der Waals surface area contributed by atoms with Crippen LogP contribution in [0.4, 0.5) is 5.82 Å². The van der Waals surface area contributed by atoms with E-state index >= 15 is 0 Å². The number of nitrogens with one attached hydrogen (secondary N) is 2. The van der Waals surface area contributed by atoms with Gasteiger partial charge in [-0.25, -0.2) is 0 Å². The molecule has 0 aliphatic rings. The van der Waals surface area contributed by atoms with Gasteiger partial charge in [0, 0.05) is 30.4 Å². The van der Waals surface area contributed by atoms with E-state index in [0.29, 0.717) is 12.2 Å². The lowest BCUT2D eigenvalue weighted by molar-refractivity contribution is -0.117. The van der Waals surface area contributed by atoms with Gasteiger partial charge in [-0.3, -0.25) is 14.9 Å². The van der Waals surface area contributed by atoms with Gasteiger partial charge >= 0.3 is 0 Å². The maximum atomic E-state index is 11.8. The number of carbonyl (C=O) groups excluding carboxylic acids is 1. The van der Waals surface area contributed by atoms with Gasteiger partial charge in [0.05, 0.1) is 5.69 Å². The van der Waals surface area contributed by atoms with Gasteiger partial charge in [0.15, 0.2) is 5.82 Å². The van der Waals surface area contributed by atoms with Crippen LogP contribution >= 0.6 is 0 Å². The van der Waals surface area contributed by atoms with Crippen LogP contribution in [0.2, 0.25) is 0 Å². The second kappa shape index (κ2) is 5.22. The summed E-state index contributed by atoms with van der Waals surface area (Å²) in [4.78, 5) is 15.8. The molecule has 100 valence electrons. The monoisotopic (exact) mass is 258 g/mol. The highest BCUT2D eigenvalue weighted by atomic mass is 16.1. The third-order valence-electron chi connectivity index (χ3n) is 2.53. The van der Waals surface area contributed by atoms with Gasteiger partial charge in [0.1, 0.15) is 0 Å². The van der Waals surface area contributed by atoms with E-state index in [0.717, 1.165) is 11.3 Å². The molecule has 2 aromatic rings. The molecule has 0 radical (unpaired) electrons. The van der Waals surface area contributed by atoms with Crippen molar-refractivity contribution in [1.82, 2.24) is 15.2 Å². The number of aromatic nitrogens is 3. The summed E-state index contributed by atoms with van der Waals surface area (Å²) in [6.45, 7) is 6.08. The van der Waals surface area contributed by atoms with E-state index in [-0.39, 0.29) is 11.3 Å². The van der Waals surface area contributed by atoms with Gasteiger partial charge in [0.25, 0.3) is 0 Å². The molecule has 0 aliphatic carbocycles. The Morgan fingerprint density at radius 2 is 2.00 bits per heavy atom. The third kappa shape index (κ3) is 3.91. The van der Waals surface area contributed by atoms with Crippen molar-refractivity contribution in [3.05, 3.63) is 30.6 Å². The zero-order valence-corrected chi connectivity index (χ0v) is 11.4. The molecule has 2 N–H and O–H groups in total. The molecule has 0 saturated carbocycles. The number of rotatable bonds is 3. The number of amides is 1. The molecule has 2 rings (SSSR count). The summed E-state index contributed by atoms with van der Waals surface area (Å²) in [7, 11) is 0. The van der Waals surface area contributed by atoms with Crippen LogP contribution in [0.25, 0.3) is 11.3 Å². The van der Waals surface area contributed by atoms with Crippen molar-refractivity contribution in [3.8, 4) is 11.3 Å². The molecule has 0 spiro atoms. The standard InChI is InChI=1S/C14H18N4O/c1-14(2,3)9-13(19)16-12-8-11(17-18-12)10-4-6-15-7-5-10/h4-8H,9H2,1-3H3,(H2,16,17,18,19). The Balaban J connectivity index is 2.04. The van der Waals surface area contributed by atoms with Crippen molar-refractivity contribution >= 4 is 11.7 Å². The first-order chi connectivity index (χ1) is 8.94. The van der Waals surface area contributed by atoms with Gasteiger partial charge in [-0.1, -0.05) is 20.8 Å². The van der Waals surface area contributed by atoms with E-state index in [9.17, 15) is 4.79 Å². The summed E-state index contributed by atoms with van der Waals surface area (Å²) in [6, 6.07) is 5.58. The minimum atomic E-state index is -0.0334. The Morgan fingerprint density at radius 1 is 1.32 bits per heavy atom. The van der Waals surface area contributed by atoms with Gasteiger partial charge in [-0.2, -0.15) is 5.10 Å². The molecule has 0 bridgehead atoms. The molecule has 0 aliphatic heterocycles. The topological polar surface area (TPSA) is 70.7 Å². The molecule has 0 unspecified atom stereocenters. The molecule has 0 atom stereocenters. The number of anilines is 1. The van der Waals surface area contributed by atoms with E-state index in [4.69, 9.17) is 0 Å². The summed E-state index contributed by atoms with van der Waals surface area (Å²) in [5, 5.41) is 9.77. The van der Waals surface area contributed by atoms with E-state index in [1.165, 1.54) is 0 Å². The van der Waals surface area contributed by atoms with E-state index in [1.807, 2.05) is 39.0 Å². The maximum Gasteiger partial charge on any atom is 0.226 e. The predicted octanol–water partition coefficient (Wildman–Crippen LogP) is 2.85. The Bertz CT molecular complexity index is 554. The lowest BCUT2D eigenvalue weighted by Crippen LogP contribution is -2.19. The zero-order valence-electron chi connectivity index (χ0n) is 11.4. The van der Waals surface area contributed by atoms with Crippen LogP contribution in [0.3, 0.4) is 0 Å². The first kappa shape index (κ1) is 13.3. The van der Waals surface area contributed by atoms with Crippen molar-refractivity contribution in [2.45, 2.75) is 27.2 Å². The minimum Gasteiger partial charge on any atom is -0.309 e. The molecule has 1 amide bonds. The highest BCUT2D eigenvalue weighted by molar-refractivity contribution is 5.90. The fourth-order valence-corrected chi connectivity index (χ4v) is 1.73. The Morgan fingerprint density at radius 3 is 2.63 bits per heavy atom. The van der Waals surface area contributed by atoms with Gasteiger partial charge in [-0.15, -0.1) is 0 Å². The maximum absolute atomic E-state index is 11.8. The van der Waals surface area contributed by atoms with E-state index in [1.54, 1.807) is 12.4 Å². The third-order valence-corrected chi connectivity index (χ3v) is 2.53. The number of hydrogen-bond acceptors (Lipinski definition) is 3. The van der Waals surface area contributed by atoms with Crippen molar-refractivity contribution in [3.63, 3.8) is 0 Å². The smallest absolute Gasteiger partial charge is 0.226 e. The van der Waals surface area contributed by atoms with E-state index in [2.05, 4.69) is 20.5 Å². The molecule has 5 nitrogen and oxygen atoms in total. The fraction of sp³-hybridized carbons (Fsp3) is 0.357. The number of aromatic amines is 1. The summed E-state index contributed by atoms with van der Waals surface area (Å²) in [5.74, 6) is 0.515. The van der Waals surface area contributed by atoms with Crippen LogP contribution in [-0.2, 0) is 4.79 Å². The van der Waals surface area contributed by atoms with Crippen LogP contribution in [0.15, 0.2) is 30.6 Å². The van der Waals surface area contributed by atoms with Gasteiger partial charge in [0.2, 0.25) is 5.91 Å². The summed E-state index contributed by atoms with van der Waals surface area (Å²) < 4.78 is 0. The van der Waals surface area contributed by atoms with Crippen LogP contribution in [0, 0.1) is 5.41 Å². The Kier molecular flexibility index (Phi) is 3.64. The molecule has 5 heteroatoms. The molecular formula is C14H18N4O. The SMILES string of the molecule is CC(C)(C)CC(=O)Nc1cc(-c2ccncc2)[nH]n1. The molecule has 2 aromatic heterocycles. The highest BCUT2D eigenvalue weighted by Crippen LogP contribution is 2.21. The lowest BCUT2D eigenvalue weighted by Gasteiger charge is -2.16. The molecule has 0 fully saturated rings. The van der Waals surface area contributed by atoms with Crippen LogP contribution in [-0.4, -0.2) is 21.1 Å². The Labute approximate surface area is 112 Å². The second-order valence-corrected chi connectivity index (χ2v) is 5.69. The molecule has 0 saturated heterocycles. The van der Waals surface area contributed by atoms with E-state index < -0.39 is 0 Å².